The van der Waals surface area contributed by atoms with Crippen molar-refractivity contribution in [3.05, 3.63) is 35.4 Å². The topological polar surface area (TPSA) is 44.1 Å². The van der Waals surface area contributed by atoms with E-state index in [4.69, 9.17) is 5.26 Å². The third kappa shape index (κ3) is 4.02. The molecule has 1 aromatic carbocycles. The highest BCUT2D eigenvalue weighted by molar-refractivity contribution is 5.78. The maximum absolute atomic E-state index is 13.5. The molecule has 0 saturated heterocycles. The van der Waals surface area contributed by atoms with Gasteiger partial charge in [-0.25, -0.2) is 8.78 Å². The largest absolute Gasteiger partial charge is 0.341 e. The predicted octanol–water partition coefficient (Wildman–Crippen LogP) is 2.52. The van der Waals surface area contributed by atoms with Crippen molar-refractivity contribution < 1.29 is 13.6 Å². The maximum atomic E-state index is 13.5. The molecule has 1 unspecified atom stereocenters. The Balaban J connectivity index is 2.77. The van der Waals surface area contributed by atoms with E-state index in [9.17, 15) is 13.6 Å². The van der Waals surface area contributed by atoms with Gasteiger partial charge < -0.3 is 4.90 Å². The number of hydrogen-bond acceptors (Lipinski definition) is 2. The van der Waals surface area contributed by atoms with E-state index in [1.807, 2.05) is 6.07 Å². The Morgan fingerprint density at radius 2 is 2.16 bits per heavy atom. The monoisotopic (exact) mass is 266 g/mol. The molecule has 19 heavy (non-hydrogen) atoms. The minimum absolute atomic E-state index is 0.0352. The lowest BCUT2D eigenvalue weighted by atomic mass is 10.1. The molecule has 0 radical (unpaired) electrons. The zero-order chi connectivity index (χ0) is 14.4. The van der Waals surface area contributed by atoms with Crippen LogP contribution >= 0.6 is 0 Å². The van der Waals surface area contributed by atoms with E-state index in [-0.39, 0.29) is 23.8 Å². The maximum Gasteiger partial charge on any atom is 0.227 e. The normalized spacial score (nSPS) is 11.7. The molecule has 0 bridgehead atoms. The van der Waals surface area contributed by atoms with Gasteiger partial charge in [0, 0.05) is 18.7 Å². The van der Waals surface area contributed by atoms with Crippen molar-refractivity contribution in [2.24, 2.45) is 5.92 Å². The first-order valence-electron chi connectivity index (χ1n) is 6.09. The number of carbonyl (C=O) groups is 1. The smallest absolute Gasteiger partial charge is 0.227 e. The molecule has 0 aliphatic heterocycles. The zero-order valence-corrected chi connectivity index (χ0v) is 11.0. The Bertz CT molecular complexity index is 497. The molecule has 1 amide bonds. The van der Waals surface area contributed by atoms with E-state index in [2.05, 4.69) is 0 Å². The third-order valence-corrected chi connectivity index (χ3v) is 2.82. The molecule has 1 aromatic rings. The highest BCUT2D eigenvalue weighted by Gasteiger charge is 2.17. The fourth-order valence-electron chi connectivity index (χ4n) is 1.74. The van der Waals surface area contributed by atoms with E-state index in [0.717, 1.165) is 6.07 Å². The molecule has 1 atom stereocenters. The van der Waals surface area contributed by atoms with Crippen LogP contribution < -0.4 is 0 Å². The van der Waals surface area contributed by atoms with Crippen LogP contribution in [-0.2, 0) is 11.2 Å². The molecule has 5 heteroatoms. The summed E-state index contributed by atoms with van der Waals surface area (Å²) in [6.45, 7) is 4.22. The molecule has 0 saturated carbocycles. The van der Waals surface area contributed by atoms with Crippen LogP contribution in [0.4, 0.5) is 8.78 Å². The van der Waals surface area contributed by atoms with Gasteiger partial charge in [0.1, 0.15) is 0 Å². The minimum Gasteiger partial charge on any atom is -0.341 e. The van der Waals surface area contributed by atoms with Crippen molar-refractivity contribution >= 4 is 5.91 Å². The SMILES string of the molecule is CCN(CC(C)C#N)C(=O)Cc1cccc(F)c1F. The first kappa shape index (κ1) is 15.1. The highest BCUT2D eigenvalue weighted by atomic mass is 19.2. The molecule has 0 spiro atoms. The summed E-state index contributed by atoms with van der Waals surface area (Å²) in [5.74, 6) is -2.55. The number of hydrogen-bond donors (Lipinski definition) is 0. The first-order chi connectivity index (χ1) is 8.99. The summed E-state index contributed by atoms with van der Waals surface area (Å²) in [6.07, 6.45) is -0.199. The molecule has 3 nitrogen and oxygen atoms in total. The lowest BCUT2D eigenvalue weighted by molar-refractivity contribution is -0.130. The average molecular weight is 266 g/mol. The van der Waals surface area contributed by atoms with E-state index in [1.54, 1.807) is 13.8 Å². The second-order valence-electron chi connectivity index (χ2n) is 4.35. The molecule has 0 aromatic heterocycles. The van der Waals surface area contributed by atoms with Crippen molar-refractivity contribution in [2.75, 3.05) is 13.1 Å². The second-order valence-corrected chi connectivity index (χ2v) is 4.35. The van der Waals surface area contributed by atoms with Gasteiger partial charge in [-0.3, -0.25) is 4.79 Å². The Kier molecular flexibility index (Phi) is 5.43. The standard InChI is InChI=1S/C14H16F2N2O/c1-3-18(9-10(2)8-17)13(19)7-11-5-4-6-12(15)14(11)16/h4-6,10H,3,7,9H2,1-2H3. The van der Waals surface area contributed by atoms with Gasteiger partial charge >= 0.3 is 0 Å². The molecule has 0 N–H and O–H groups in total. The molecule has 1 rings (SSSR count). The fourth-order valence-corrected chi connectivity index (χ4v) is 1.74. The number of nitrogens with zero attached hydrogens (tertiary/aromatic N) is 2. The van der Waals surface area contributed by atoms with Crippen LogP contribution in [0.25, 0.3) is 0 Å². The molecule has 0 aliphatic rings. The second kappa shape index (κ2) is 6.83. The lowest BCUT2D eigenvalue weighted by Gasteiger charge is -2.22. The van der Waals surface area contributed by atoms with Crippen molar-refractivity contribution in [1.82, 2.24) is 4.90 Å². The Hall–Kier alpha value is -1.96. The van der Waals surface area contributed by atoms with Crippen LogP contribution in [0.1, 0.15) is 19.4 Å². The van der Waals surface area contributed by atoms with Gasteiger partial charge in [0.05, 0.1) is 18.4 Å². The third-order valence-electron chi connectivity index (χ3n) is 2.82. The Labute approximate surface area is 111 Å². The van der Waals surface area contributed by atoms with E-state index in [1.165, 1.54) is 17.0 Å². The number of likely N-dealkylation sites (N-methyl/N-ethyl adjacent to an activating group) is 1. The number of nitriles is 1. The average Bonchev–Trinajstić information content (AvgIpc) is 2.40. The number of halogens is 2. The Morgan fingerprint density at radius 1 is 1.47 bits per heavy atom. The summed E-state index contributed by atoms with van der Waals surface area (Å²) in [5, 5.41) is 8.73. The van der Waals surface area contributed by atoms with Crippen LogP contribution in [0.5, 0.6) is 0 Å². The van der Waals surface area contributed by atoms with Crippen molar-refractivity contribution in [2.45, 2.75) is 20.3 Å². The predicted molar refractivity (Wildman–Crippen MR) is 67.1 cm³/mol. The quantitative estimate of drug-likeness (QED) is 0.822. The summed E-state index contributed by atoms with van der Waals surface area (Å²) < 4.78 is 26.5. The van der Waals surface area contributed by atoms with Crippen molar-refractivity contribution in [1.29, 1.82) is 5.26 Å². The number of benzene rings is 1. The molecular formula is C14H16F2N2O. The van der Waals surface area contributed by atoms with Crippen molar-refractivity contribution in [3.8, 4) is 6.07 Å². The molecule has 0 heterocycles. The van der Waals surface area contributed by atoms with Gasteiger partial charge in [-0.1, -0.05) is 12.1 Å². The summed E-state index contributed by atoms with van der Waals surface area (Å²) >= 11 is 0. The van der Waals surface area contributed by atoms with E-state index >= 15 is 0 Å². The fraction of sp³-hybridized carbons (Fsp3) is 0.429. The summed E-state index contributed by atoms with van der Waals surface area (Å²) in [6, 6.07) is 5.81. The summed E-state index contributed by atoms with van der Waals surface area (Å²) in [4.78, 5) is 13.5. The van der Waals surface area contributed by atoms with Crippen LogP contribution in [-0.4, -0.2) is 23.9 Å². The summed E-state index contributed by atoms with van der Waals surface area (Å²) in [7, 11) is 0. The number of amides is 1. The van der Waals surface area contributed by atoms with Crippen LogP contribution in [0, 0.1) is 28.9 Å². The molecular weight excluding hydrogens is 250 g/mol. The number of rotatable bonds is 5. The van der Waals surface area contributed by atoms with Crippen LogP contribution in [0.15, 0.2) is 18.2 Å². The van der Waals surface area contributed by atoms with Gasteiger partial charge in [0.15, 0.2) is 11.6 Å². The van der Waals surface area contributed by atoms with Gasteiger partial charge in [-0.2, -0.15) is 5.26 Å². The van der Waals surface area contributed by atoms with Gasteiger partial charge in [0.2, 0.25) is 5.91 Å². The van der Waals surface area contributed by atoms with Crippen LogP contribution in [0.3, 0.4) is 0 Å². The van der Waals surface area contributed by atoms with E-state index < -0.39 is 11.6 Å². The van der Waals surface area contributed by atoms with Gasteiger partial charge in [0.25, 0.3) is 0 Å². The van der Waals surface area contributed by atoms with Gasteiger partial charge in [-0.15, -0.1) is 0 Å². The molecule has 102 valence electrons. The highest BCUT2D eigenvalue weighted by Crippen LogP contribution is 2.13. The first-order valence-corrected chi connectivity index (χ1v) is 6.09. The summed E-state index contributed by atoms with van der Waals surface area (Å²) in [5.41, 5.74) is 0.0352. The molecule has 0 aliphatic carbocycles. The zero-order valence-electron chi connectivity index (χ0n) is 11.0. The van der Waals surface area contributed by atoms with Crippen molar-refractivity contribution in [3.63, 3.8) is 0 Å². The minimum atomic E-state index is -0.986. The van der Waals surface area contributed by atoms with Gasteiger partial charge in [-0.05, 0) is 19.9 Å². The molecule has 0 fully saturated rings. The lowest BCUT2D eigenvalue weighted by Crippen LogP contribution is -2.35. The number of carbonyl (C=O) groups excluding carboxylic acids is 1. The Morgan fingerprint density at radius 3 is 2.74 bits per heavy atom. The van der Waals surface area contributed by atoms with E-state index in [0.29, 0.717) is 13.1 Å². The van der Waals surface area contributed by atoms with Crippen LogP contribution in [0.2, 0.25) is 0 Å².